The van der Waals surface area contributed by atoms with Gasteiger partial charge in [-0.25, -0.2) is 0 Å². The number of methoxy groups -OCH3 is 2. The summed E-state index contributed by atoms with van der Waals surface area (Å²) in [6.45, 7) is 0.345. The largest absolute Gasteiger partial charge is 0.493 e. The first-order chi connectivity index (χ1) is 12.1. The van der Waals surface area contributed by atoms with Gasteiger partial charge < -0.3 is 14.8 Å². The number of amides is 1. The maximum absolute atomic E-state index is 12.3. The van der Waals surface area contributed by atoms with Crippen molar-refractivity contribution in [1.82, 2.24) is 5.32 Å². The Kier molecular flexibility index (Phi) is 6.61. The van der Waals surface area contributed by atoms with Crippen LogP contribution in [0.1, 0.15) is 11.1 Å². The number of carbonyl (C=O) groups is 1. The Morgan fingerprint density at radius 2 is 1.96 bits per heavy atom. The number of hydrogen-bond acceptors (Lipinski definition) is 4. The first kappa shape index (κ1) is 18.6. The van der Waals surface area contributed by atoms with Gasteiger partial charge in [-0.2, -0.15) is 5.26 Å². The van der Waals surface area contributed by atoms with Crippen LogP contribution in [0, 0.1) is 11.3 Å². The molecule has 6 heteroatoms. The summed E-state index contributed by atoms with van der Waals surface area (Å²) in [5, 5.41) is 12.1. The molecule has 2 rings (SSSR count). The molecule has 0 heterocycles. The topological polar surface area (TPSA) is 71.3 Å². The van der Waals surface area contributed by atoms with Gasteiger partial charge in [-0.15, -0.1) is 0 Å². The van der Waals surface area contributed by atoms with Crippen LogP contribution in [-0.4, -0.2) is 20.1 Å². The van der Waals surface area contributed by atoms with Crippen LogP contribution in [0.25, 0.3) is 6.08 Å². The van der Waals surface area contributed by atoms with Gasteiger partial charge >= 0.3 is 0 Å². The average molecular weight is 401 g/mol. The van der Waals surface area contributed by atoms with Gasteiger partial charge in [-0.05, 0) is 23.8 Å². The van der Waals surface area contributed by atoms with Crippen molar-refractivity contribution < 1.29 is 14.3 Å². The molecule has 0 atom stereocenters. The number of nitrogens with zero attached hydrogens (tertiary/aromatic N) is 1. The minimum Gasteiger partial charge on any atom is -0.493 e. The van der Waals surface area contributed by atoms with Crippen LogP contribution in [0.15, 0.2) is 52.5 Å². The molecule has 25 heavy (non-hydrogen) atoms. The van der Waals surface area contributed by atoms with Crippen molar-refractivity contribution in [3.8, 4) is 17.6 Å². The Morgan fingerprint density at radius 3 is 2.56 bits per heavy atom. The highest BCUT2D eigenvalue weighted by atomic mass is 79.9. The second kappa shape index (κ2) is 8.90. The molecule has 0 aliphatic heterocycles. The lowest BCUT2D eigenvalue weighted by Crippen LogP contribution is -2.23. The van der Waals surface area contributed by atoms with Crippen LogP contribution in [-0.2, 0) is 11.3 Å². The highest BCUT2D eigenvalue weighted by molar-refractivity contribution is 9.10. The molecule has 2 aromatic carbocycles. The Labute approximate surface area is 155 Å². The SMILES string of the molecule is COc1cc(Br)cc(/C=C(/C#N)C(=O)NCc2ccccc2)c1OC. The van der Waals surface area contributed by atoms with Crippen molar-refractivity contribution >= 4 is 27.9 Å². The zero-order valence-electron chi connectivity index (χ0n) is 13.9. The van der Waals surface area contributed by atoms with E-state index in [1.807, 2.05) is 36.4 Å². The van der Waals surface area contributed by atoms with Gasteiger partial charge in [0.15, 0.2) is 11.5 Å². The summed E-state index contributed by atoms with van der Waals surface area (Å²) in [7, 11) is 3.03. The Hall–Kier alpha value is -2.78. The third-order valence-corrected chi connectivity index (χ3v) is 3.89. The Balaban J connectivity index is 2.26. The summed E-state index contributed by atoms with van der Waals surface area (Å²) >= 11 is 3.38. The summed E-state index contributed by atoms with van der Waals surface area (Å²) in [5.74, 6) is 0.506. The standard InChI is InChI=1S/C19H17BrN2O3/c1-24-17-10-16(20)9-14(18(17)25-2)8-15(11-21)19(23)22-12-13-6-4-3-5-7-13/h3-10H,12H2,1-2H3,(H,22,23)/b15-8-. The molecule has 0 aliphatic carbocycles. The summed E-state index contributed by atoms with van der Waals surface area (Å²) in [4.78, 5) is 12.3. The number of ether oxygens (including phenoxy) is 2. The van der Waals surface area contributed by atoms with Gasteiger partial charge in [-0.3, -0.25) is 4.79 Å². The predicted molar refractivity (Wildman–Crippen MR) is 99.1 cm³/mol. The lowest BCUT2D eigenvalue weighted by Gasteiger charge is -2.12. The van der Waals surface area contributed by atoms with E-state index in [4.69, 9.17) is 9.47 Å². The van der Waals surface area contributed by atoms with Gasteiger partial charge in [0.25, 0.3) is 5.91 Å². The van der Waals surface area contributed by atoms with Crippen molar-refractivity contribution in [1.29, 1.82) is 5.26 Å². The number of nitrogens with one attached hydrogen (secondary N) is 1. The molecule has 0 aromatic heterocycles. The third kappa shape index (κ3) is 4.85. The van der Waals surface area contributed by atoms with Crippen molar-refractivity contribution in [3.63, 3.8) is 0 Å². The number of rotatable bonds is 6. The highest BCUT2D eigenvalue weighted by Crippen LogP contribution is 2.35. The summed E-state index contributed by atoms with van der Waals surface area (Å²) < 4.78 is 11.4. The molecule has 1 amide bonds. The normalized spacial score (nSPS) is 10.7. The molecule has 0 fully saturated rings. The van der Waals surface area contributed by atoms with E-state index in [1.165, 1.54) is 20.3 Å². The smallest absolute Gasteiger partial charge is 0.262 e. The molecule has 128 valence electrons. The lowest BCUT2D eigenvalue weighted by molar-refractivity contribution is -0.117. The van der Waals surface area contributed by atoms with Crippen LogP contribution >= 0.6 is 15.9 Å². The van der Waals surface area contributed by atoms with Crippen LogP contribution in [0.5, 0.6) is 11.5 Å². The monoisotopic (exact) mass is 400 g/mol. The number of carbonyl (C=O) groups excluding carboxylic acids is 1. The number of nitriles is 1. The first-order valence-electron chi connectivity index (χ1n) is 7.44. The number of halogens is 1. The van der Waals surface area contributed by atoms with Gasteiger partial charge in [-0.1, -0.05) is 46.3 Å². The molecule has 1 N–H and O–H groups in total. The van der Waals surface area contributed by atoms with Gasteiger partial charge in [0.05, 0.1) is 14.2 Å². The molecular weight excluding hydrogens is 384 g/mol. The minimum absolute atomic E-state index is 0.0191. The van der Waals surface area contributed by atoms with E-state index in [1.54, 1.807) is 12.1 Å². The third-order valence-electron chi connectivity index (χ3n) is 3.43. The van der Waals surface area contributed by atoms with E-state index >= 15 is 0 Å². The van der Waals surface area contributed by atoms with Crippen molar-refractivity contribution in [2.24, 2.45) is 0 Å². The molecule has 0 radical (unpaired) electrons. The minimum atomic E-state index is -0.452. The highest BCUT2D eigenvalue weighted by Gasteiger charge is 2.14. The quantitative estimate of drug-likeness (QED) is 0.592. The van der Waals surface area contributed by atoms with Crippen LogP contribution in [0.3, 0.4) is 0 Å². The van der Waals surface area contributed by atoms with E-state index in [0.717, 1.165) is 10.0 Å². The summed E-state index contributed by atoms with van der Waals surface area (Å²) in [6.07, 6.45) is 1.48. The molecular formula is C19H17BrN2O3. The van der Waals surface area contributed by atoms with Crippen molar-refractivity contribution in [3.05, 3.63) is 63.6 Å². The fourth-order valence-corrected chi connectivity index (χ4v) is 2.70. The van der Waals surface area contributed by atoms with Crippen LogP contribution < -0.4 is 14.8 Å². The molecule has 0 bridgehead atoms. The number of hydrogen-bond donors (Lipinski definition) is 1. The zero-order chi connectivity index (χ0) is 18.2. The summed E-state index contributed by atoms with van der Waals surface area (Å²) in [5.41, 5.74) is 1.50. The van der Waals surface area contributed by atoms with E-state index < -0.39 is 5.91 Å². The fourth-order valence-electron chi connectivity index (χ4n) is 2.24. The molecule has 5 nitrogen and oxygen atoms in total. The number of benzene rings is 2. The van der Waals surface area contributed by atoms with Crippen LogP contribution in [0.4, 0.5) is 0 Å². The zero-order valence-corrected chi connectivity index (χ0v) is 15.5. The second-order valence-electron chi connectivity index (χ2n) is 5.07. The Morgan fingerprint density at radius 1 is 1.24 bits per heavy atom. The van der Waals surface area contributed by atoms with Crippen molar-refractivity contribution in [2.45, 2.75) is 6.54 Å². The molecule has 2 aromatic rings. The van der Waals surface area contributed by atoms with Gasteiger partial charge in [0.2, 0.25) is 0 Å². The summed E-state index contributed by atoms with van der Waals surface area (Å²) in [6, 6.07) is 14.9. The lowest BCUT2D eigenvalue weighted by atomic mass is 10.1. The predicted octanol–water partition coefficient (Wildman–Crippen LogP) is 3.69. The first-order valence-corrected chi connectivity index (χ1v) is 8.23. The molecule has 0 saturated heterocycles. The molecule has 0 aliphatic rings. The molecule has 0 saturated carbocycles. The van der Waals surface area contributed by atoms with Crippen LogP contribution in [0.2, 0.25) is 0 Å². The van der Waals surface area contributed by atoms with Gasteiger partial charge in [0, 0.05) is 16.6 Å². The van der Waals surface area contributed by atoms with E-state index in [-0.39, 0.29) is 5.57 Å². The Bertz CT molecular complexity index is 827. The second-order valence-corrected chi connectivity index (χ2v) is 5.98. The maximum Gasteiger partial charge on any atom is 0.262 e. The fraction of sp³-hybridized carbons (Fsp3) is 0.158. The molecule has 0 unspecified atom stereocenters. The van der Waals surface area contributed by atoms with Crippen molar-refractivity contribution in [2.75, 3.05) is 14.2 Å². The average Bonchev–Trinajstić information content (AvgIpc) is 2.64. The molecule has 0 spiro atoms. The van der Waals surface area contributed by atoms with E-state index in [0.29, 0.717) is 23.6 Å². The van der Waals surface area contributed by atoms with E-state index in [2.05, 4.69) is 21.2 Å². The van der Waals surface area contributed by atoms with Gasteiger partial charge in [0.1, 0.15) is 11.6 Å². The maximum atomic E-state index is 12.3. The van der Waals surface area contributed by atoms with E-state index in [9.17, 15) is 10.1 Å².